The molecule has 1 spiro atoms. The summed E-state index contributed by atoms with van der Waals surface area (Å²) in [4.78, 5) is 34.1. The summed E-state index contributed by atoms with van der Waals surface area (Å²) >= 11 is 0. The molecule has 3 aliphatic rings. The number of carbonyl (C=O) groups is 3. The number of carboxylic acid groups (broad SMARTS) is 2. The smallest absolute Gasteiger partial charge is 0.307 e. The van der Waals surface area contributed by atoms with Gasteiger partial charge in [0.25, 0.3) is 6.47 Å². The molecule has 0 radical (unpaired) electrons. The van der Waals surface area contributed by atoms with Crippen LogP contribution in [0.1, 0.15) is 39.5 Å². The second-order valence-electron chi connectivity index (χ2n) is 7.76. The fraction of sp³-hybridized carbons (Fsp3) is 0.812. The Hall–Kier alpha value is -1.59. The van der Waals surface area contributed by atoms with Crippen molar-refractivity contribution < 1.29 is 29.3 Å². The topological polar surface area (TPSA) is 101 Å². The van der Waals surface area contributed by atoms with Crippen molar-refractivity contribution in [2.45, 2.75) is 45.6 Å². The molecule has 0 saturated heterocycles. The van der Waals surface area contributed by atoms with Crippen LogP contribution in [0.2, 0.25) is 0 Å². The predicted octanol–water partition coefficient (Wildman–Crippen LogP) is 1.78. The predicted molar refractivity (Wildman–Crippen MR) is 74.9 cm³/mol. The molecule has 6 atom stereocenters. The maximum absolute atomic E-state index is 11.7. The molecule has 0 heterocycles. The quantitative estimate of drug-likeness (QED) is 0.768. The van der Waals surface area contributed by atoms with Gasteiger partial charge >= 0.3 is 11.9 Å². The average Bonchev–Trinajstić information content (AvgIpc) is 2.90. The Labute approximate surface area is 128 Å². The van der Waals surface area contributed by atoms with Crippen molar-refractivity contribution in [2.24, 2.45) is 34.5 Å². The first-order valence-corrected chi connectivity index (χ1v) is 7.80. The van der Waals surface area contributed by atoms with Gasteiger partial charge in [0.05, 0.1) is 11.8 Å². The Kier molecular flexibility index (Phi) is 3.27. The van der Waals surface area contributed by atoms with Crippen molar-refractivity contribution in [2.75, 3.05) is 0 Å². The molecule has 0 unspecified atom stereocenters. The van der Waals surface area contributed by atoms with E-state index >= 15 is 0 Å². The number of hydrogen-bond acceptors (Lipinski definition) is 4. The van der Waals surface area contributed by atoms with Crippen LogP contribution < -0.4 is 0 Å². The first-order chi connectivity index (χ1) is 10.3. The SMILES string of the molecule is CC1(C)[C@@H]2C[C@@H]3[C@H](C(=O)O)[C@H](C(=O)O)CC[C@@]3(C2)[C@@H]1OC=O. The van der Waals surface area contributed by atoms with Gasteiger partial charge in [-0.15, -0.1) is 0 Å². The molecular weight excluding hydrogens is 288 g/mol. The van der Waals surface area contributed by atoms with Crippen molar-refractivity contribution in [1.29, 1.82) is 0 Å². The van der Waals surface area contributed by atoms with Crippen LogP contribution >= 0.6 is 0 Å². The maximum Gasteiger partial charge on any atom is 0.307 e. The molecule has 0 aromatic carbocycles. The first kappa shape index (κ1) is 15.3. The molecule has 0 aromatic heterocycles. The van der Waals surface area contributed by atoms with E-state index in [0.717, 1.165) is 6.42 Å². The molecule has 3 fully saturated rings. The Bertz CT molecular complexity index is 527. The Morgan fingerprint density at radius 1 is 1.23 bits per heavy atom. The molecule has 0 aromatic rings. The molecule has 122 valence electrons. The molecule has 3 aliphatic carbocycles. The summed E-state index contributed by atoms with van der Waals surface area (Å²) in [7, 11) is 0. The highest BCUT2D eigenvalue weighted by Gasteiger charge is 2.71. The zero-order valence-electron chi connectivity index (χ0n) is 12.8. The van der Waals surface area contributed by atoms with Crippen molar-refractivity contribution in [1.82, 2.24) is 0 Å². The van der Waals surface area contributed by atoms with Gasteiger partial charge in [0.2, 0.25) is 0 Å². The van der Waals surface area contributed by atoms with E-state index in [1.54, 1.807) is 0 Å². The lowest BCUT2D eigenvalue weighted by Crippen LogP contribution is -2.55. The number of carboxylic acids is 2. The summed E-state index contributed by atoms with van der Waals surface area (Å²) in [6, 6.07) is 0. The molecule has 2 bridgehead atoms. The van der Waals surface area contributed by atoms with Gasteiger partial charge in [0.1, 0.15) is 6.10 Å². The minimum absolute atomic E-state index is 0.184. The molecule has 3 rings (SSSR count). The number of aliphatic carboxylic acids is 2. The fourth-order valence-corrected chi connectivity index (χ4v) is 5.85. The van der Waals surface area contributed by atoms with E-state index in [4.69, 9.17) is 4.74 Å². The van der Waals surface area contributed by atoms with E-state index in [1.807, 2.05) is 0 Å². The van der Waals surface area contributed by atoms with E-state index in [2.05, 4.69) is 13.8 Å². The Morgan fingerprint density at radius 2 is 1.91 bits per heavy atom. The van der Waals surface area contributed by atoms with Gasteiger partial charge in [-0.25, -0.2) is 0 Å². The fourth-order valence-electron chi connectivity index (χ4n) is 5.85. The molecule has 0 aliphatic heterocycles. The van der Waals surface area contributed by atoms with Crippen molar-refractivity contribution in [3.8, 4) is 0 Å². The molecule has 22 heavy (non-hydrogen) atoms. The van der Waals surface area contributed by atoms with Crippen molar-refractivity contribution in [3.63, 3.8) is 0 Å². The Balaban J connectivity index is 2.02. The van der Waals surface area contributed by atoms with Gasteiger partial charge in [0, 0.05) is 10.8 Å². The second-order valence-corrected chi connectivity index (χ2v) is 7.76. The highest BCUT2D eigenvalue weighted by atomic mass is 16.5. The number of fused-ring (bicyclic) bond motifs is 1. The Morgan fingerprint density at radius 3 is 2.45 bits per heavy atom. The lowest BCUT2D eigenvalue weighted by Gasteiger charge is -2.52. The summed E-state index contributed by atoms with van der Waals surface area (Å²) in [5.74, 6) is -3.74. The van der Waals surface area contributed by atoms with Crippen LogP contribution in [0.15, 0.2) is 0 Å². The monoisotopic (exact) mass is 310 g/mol. The molecule has 6 heteroatoms. The summed E-state index contributed by atoms with van der Waals surface area (Å²) in [6.45, 7) is 4.59. The summed E-state index contributed by atoms with van der Waals surface area (Å²) in [5.41, 5.74) is -0.555. The van der Waals surface area contributed by atoms with Crippen LogP contribution in [0, 0.1) is 34.5 Å². The third kappa shape index (κ3) is 1.75. The largest absolute Gasteiger partial charge is 0.481 e. The van der Waals surface area contributed by atoms with E-state index in [0.29, 0.717) is 25.7 Å². The lowest BCUT2D eigenvalue weighted by molar-refractivity contribution is -0.180. The van der Waals surface area contributed by atoms with E-state index in [9.17, 15) is 24.6 Å². The van der Waals surface area contributed by atoms with Gasteiger partial charge < -0.3 is 14.9 Å². The van der Waals surface area contributed by atoms with Crippen molar-refractivity contribution >= 4 is 18.4 Å². The number of rotatable bonds is 4. The number of ether oxygens (including phenoxy) is 1. The van der Waals surface area contributed by atoms with Crippen LogP contribution in [0.25, 0.3) is 0 Å². The van der Waals surface area contributed by atoms with Gasteiger partial charge in [-0.3, -0.25) is 14.4 Å². The number of carbonyl (C=O) groups excluding carboxylic acids is 1. The minimum Gasteiger partial charge on any atom is -0.481 e. The van der Waals surface area contributed by atoms with Crippen LogP contribution in [-0.4, -0.2) is 34.7 Å². The zero-order chi connectivity index (χ0) is 16.3. The second kappa shape index (κ2) is 4.70. The average molecular weight is 310 g/mol. The van der Waals surface area contributed by atoms with Crippen molar-refractivity contribution in [3.05, 3.63) is 0 Å². The van der Waals surface area contributed by atoms with Crippen LogP contribution in [0.3, 0.4) is 0 Å². The zero-order valence-corrected chi connectivity index (χ0v) is 12.8. The summed E-state index contributed by atoms with van der Waals surface area (Å²) in [6.07, 6.45) is 2.19. The highest BCUT2D eigenvalue weighted by molar-refractivity contribution is 5.80. The molecule has 6 nitrogen and oxygen atoms in total. The van der Waals surface area contributed by atoms with Crippen LogP contribution in [0.5, 0.6) is 0 Å². The van der Waals surface area contributed by atoms with E-state index in [-0.39, 0.29) is 28.8 Å². The molecule has 3 saturated carbocycles. The third-order valence-electron chi connectivity index (χ3n) is 6.74. The maximum atomic E-state index is 11.7. The van der Waals surface area contributed by atoms with Gasteiger partial charge in [0.15, 0.2) is 0 Å². The standard InChI is InChI=1S/C16H22O6/c1-15(2)8-5-10-11(13(20)21)9(12(18)19)3-4-16(10,6-8)14(15)22-7-17/h7-11,14H,3-6H2,1-2H3,(H,18,19)(H,20,21)/t8-,9-,10-,11-,14-,16+/m1/s1. The van der Waals surface area contributed by atoms with Crippen LogP contribution in [-0.2, 0) is 19.1 Å². The van der Waals surface area contributed by atoms with Gasteiger partial charge in [-0.1, -0.05) is 13.8 Å². The van der Waals surface area contributed by atoms with E-state index < -0.39 is 23.8 Å². The molecular formula is C16H22O6. The summed E-state index contributed by atoms with van der Waals surface area (Å²) in [5, 5.41) is 19.0. The normalized spacial score (nSPS) is 45.1. The van der Waals surface area contributed by atoms with E-state index in [1.165, 1.54) is 0 Å². The molecule has 0 amide bonds. The number of hydrogen-bond donors (Lipinski definition) is 2. The van der Waals surface area contributed by atoms with Gasteiger partial charge in [-0.05, 0) is 37.5 Å². The van der Waals surface area contributed by atoms with Gasteiger partial charge in [-0.2, -0.15) is 0 Å². The minimum atomic E-state index is -1.04. The lowest BCUT2D eigenvalue weighted by atomic mass is 9.53. The summed E-state index contributed by atoms with van der Waals surface area (Å²) < 4.78 is 5.42. The third-order valence-corrected chi connectivity index (χ3v) is 6.74. The first-order valence-electron chi connectivity index (χ1n) is 7.80. The highest BCUT2D eigenvalue weighted by Crippen LogP contribution is 2.71. The van der Waals surface area contributed by atoms with Crippen LogP contribution in [0.4, 0.5) is 0 Å². The molecule has 2 N–H and O–H groups in total.